The standard InChI is InChI=1S/C27H23N3OS/c1-16-11-12-18(13-17(16)2)24-14-21(19-7-3-5-9-23(19)29-24)26(31)30-27-22(15-28)20-8-4-6-10-25(20)32-27/h3,5,7,9,11-14H,4,6,8,10H2,1-2H3,(H,30,31). The van der Waals surface area contributed by atoms with Crippen LogP contribution in [0.2, 0.25) is 0 Å². The maximum absolute atomic E-state index is 13.5. The number of rotatable bonds is 3. The summed E-state index contributed by atoms with van der Waals surface area (Å²) in [6, 6.07) is 18.1. The molecule has 0 spiro atoms. The van der Waals surface area contributed by atoms with Crippen LogP contribution in [0.25, 0.3) is 22.2 Å². The molecule has 2 aromatic carbocycles. The van der Waals surface area contributed by atoms with Crippen molar-refractivity contribution in [2.75, 3.05) is 5.32 Å². The van der Waals surface area contributed by atoms with Crippen molar-refractivity contribution in [2.24, 2.45) is 0 Å². The van der Waals surface area contributed by atoms with E-state index in [2.05, 4.69) is 37.4 Å². The number of nitriles is 1. The van der Waals surface area contributed by atoms with Crippen molar-refractivity contribution in [3.63, 3.8) is 0 Å². The number of aromatic nitrogens is 1. The number of nitrogens with one attached hydrogen (secondary N) is 1. The van der Waals surface area contributed by atoms with E-state index in [1.807, 2.05) is 36.4 Å². The number of carbonyl (C=O) groups is 1. The van der Waals surface area contributed by atoms with E-state index in [1.54, 1.807) is 11.3 Å². The van der Waals surface area contributed by atoms with Gasteiger partial charge in [0.25, 0.3) is 5.91 Å². The fraction of sp³-hybridized carbons (Fsp3) is 0.222. The van der Waals surface area contributed by atoms with Crippen molar-refractivity contribution >= 4 is 33.1 Å². The molecule has 158 valence electrons. The Bertz CT molecular complexity index is 1410. The number of benzene rings is 2. The molecule has 0 aliphatic heterocycles. The number of fused-ring (bicyclic) bond motifs is 2. The molecule has 0 saturated carbocycles. The number of amides is 1. The van der Waals surface area contributed by atoms with E-state index in [4.69, 9.17) is 4.98 Å². The van der Waals surface area contributed by atoms with Crippen LogP contribution in [0.4, 0.5) is 5.00 Å². The number of anilines is 1. The molecule has 4 aromatic rings. The lowest BCUT2D eigenvalue weighted by Gasteiger charge is -2.11. The van der Waals surface area contributed by atoms with E-state index in [0.717, 1.165) is 53.4 Å². The first-order valence-electron chi connectivity index (χ1n) is 10.9. The second-order valence-corrected chi connectivity index (χ2v) is 9.46. The van der Waals surface area contributed by atoms with Gasteiger partial charge < -0.3 is 5.32 Å². The van der Waals surface area contributed by atoms with Gasteiger partial charge in [0.05, 0.1) is 22.3 Å². The normalized spacial score (nSPS) is 12.9. The van der Waals surface area contributed by atoms with Gasteiger partial charge in [-0.15, -0.1) is 11.3 Å². The van der Waals surface area contributed by atoms with E-state index in [1.165, 1.54) is 16.0 Å². The number of hydrogen-bond donors (Lipinski definition) is 1. The summed E-state index contributed by atoms with van der Waals surface area (Å²) in [6.45, 7) is 4.16. The number of hydrogen-bond acceptors (Lipinski definition) is 4. The first-order valence-corrected chi connectivity index (χ1v) is 11.7. The van der Waals surface area contributed by atoms with Gasteiger partial charge >= 0.3 is 0 Å². The largest absolute Gasteiger partial charge is 0.312 e. The summed E-state index contributed by atoms with van der Waals surface area (Å²) in [6.07, 6.45) is 4.14. The number of para-hydroxylation sites is 1. The number of aryl methyl sites for hydroxylation is 3. The van der Waals surface area contributed by atoms with Crippen molar-refractivity contribution in [1.82, 2.24) is 4.98 Å². The lowest BCUT2D eigenvalue weighted by molar-refractivity contribution is 0.102. The van der Waals surface area contributed by atoms with E-state index in [0.29, 0.717) is 16.1 Å². The molecule has 2 heterocycles. The van der Waals surface area contributed by atoms with Gasteiger partial charge in [0.1, 0.15) is 11.1 Å². The lowest BCUT2D eigenvalue weighted by Crippen LogP contribution is -2.13. The van der Waals surface area contributed by atoms with Gasteiger partial charge in [-0.2, -0.15) is 5.26 Å². The SMILES string of the molecule is Cc1ccc(-c2cc(C(=O)Nc3sc4c(c3C#N)CCCC4)c3ccccc3n2)cc1C. The summed E-state index contributed by atoms with van der Waals surface area (Å²) in [4.78, 5) is 19.5. The van der Waals surface area contributed by atoms with Crippen molar-refractivity contribution in [2.45, 2.75) is 39.5 Å². The number of pyridine rings is 1. The Hall–Kier alpha value is -3.49. The maximum atomic E-state index is 13.5. The Labute approximate surface area is 191 Å². The molecular weight excluding hydrogens is 414 g/mol. The first kappa shape index (κ1) is 20.4. The van der Waals surface area contributed by atoms with Crippen molar-refractivity contribution < 1.29 is 4.79 Å². The molecule has 2 aromatic heterocycles. The molecule has 1 aliphatic carbocycles. The fourth-order valence-electron chi connectivity index (χ4n) is 4.35. The molecule has 0 bridgehead atoms. The monoisotopic (exact) mass is 437 g/mol. The van der Waals surface area contributed by atoms with E-state index in [-0.39, 0.29) is 5.91 Å². The van der Waals surface area contributed by atoms with Crippen LogP contribution in [0.1, 0.15) is 50.3 Å². The number of carbonyl (C=O) groups excluding carboxylic acids is 1. The van der Waals surface area contributed by atoms with Crippen LogP contribution in [0.5, 0.6) is 0 Å². The lowest BCUT2D eigenvalue weighted by atomic mass is 9.96. The zero-order valence-electron chi connectivity index (χ0n) is 18.2. The van der Waals surface area contributed by atoms with E-state index < -0.39 is 0 Å². The Balaban J connectivity index is 1.59. The Kier molecular flexibility index (Phi) is 5.24. The van der Waals surface area contributed by atoms with Gasteiger partial charge in [-0.1, -0.05) is 30.3 Å². The zero-order chi connectivity index (χ0) is 22.2. The summed E-state index contributed by atoms with van der Waals surface area (Å²) in [5.74, 6) is -0.205. The molecule has 4 nitrogen and oxygen atoms in total. The molecule has 1 aliphatic rings. The molecular formula is C27H23N3OS. The Morgan fingerprint density at radius 1 is 1.06 bits per heavy atom. The van der Waals surface area contributed by atoms with Crippen molar-refractivity contribution in [3.8, 4) is 17.3 Å². The third-order valence-electron chi connectivity index (χ3n) is 6.27. The third-order valence-corrected chi connectivity index (χ3v) is 7.48. The molecule has 0 unspecified atom stereocenters. The van der Waals surface area contributed by atoms with Crippen molar-refractivity contribution in [3.05, 3.63) is 81.2 Å². The summed E-state index contributed by atoms with van der Waals surface area (Å²) >= 11 is 1.55. The molecule has 1 amide bonds. The van der Waals surface area contributed by atoms with Gasteiger partial charge in [0, 0.05) is 15.8 Å². The predicted octanol–water partition coefficient (Wildman–Crippen LogP) is 6.58. The highest BCUT2D eigenvalue weighted by Gasteiger charge is 2.23. The number of thiophene rings is 1. The highest BCUT2D eigenvalue weighted by Crippen LogP contribution is 2.38. The average Bonchev–Trinajstić information content (AvgIpc) is 3.16. The Morgan fingerprint density at radius 2 is 1.88 bits per heavy atom. The third kappa shape index (κ3) is 3.57. The van der Waals surface area contributed by atoms with Gasteiger partial charge in [-0.25, -0.2) is 4.98 Å². The van der Waals surface area contributed by atoms with Gasteiger partial charge in [0.15, 0.2) is 0 Å². The minimum absolute atomic E-state index is 0.205. The molecule has 32 heavy (non-hydrogen) atoms. The second kappa shape index (κ2) is 8.22. The van der Waals surface area contributed by atoms with Crippen LogP contribution in [-0.4, -0.2) is 10.9 Å². The predicted molar refractivity (Wildman–Crippen MR) is 130 cm³/mol. The molecule has 0 saturated heterocycles. The molecule has 0 fully saturated rings. The van der Waals surface area contributed by atoms with Crippen LogP contribution in [0.15, 0.2) is 48.5 Å². The minimum Gasteiger partial charge on any atom is -0.312 e. The smallest absolute Gasteiger partial charge is 0.257 e. The first-order chi connectivity index (χ1) is 15.5. The molecule has 5 rings (SSSR count). The average molecular weight is 438 g/mol. The summed E-state index contributed by atoms with van der Waals surface area (Å²) in [5.41, 5.74) is 7.25. The summed E-state index contributed by atoms with van der Waals surface area (Å²) in [7, 11) is 0. The molecule has 5 heteroatoms. The Morgan fingerprint density at radius 3 is 2.69 bits per heavy atom. The quantitative estimate of drug-likeness (QED) is 0.393. The topological polar surface area (TPSA) is 65.8 Å². The second-order valence-electron chi connectivity index (χ2n) is 8.35. The van der Waals surface area contributed by atoms with E-state index >= 15 is 0 Å². The maximum Gasteiger partial charge on any atom is 0.257 e. The van der Waals surface area contributed by atoms with E-state index in [9.17, 15) is 10.1 Å². The van der Waals surface area contributed by atoms with Gasteiger partial charge in [-0.05, 0) is 74.4 Å². The summed E-state index contributed by atoms with van der Waals surface area (Å²) in [5, 5.41) is 14.3. The van der Waals surface area contributed by atoms with Crippen LogP contribution in [-0.2, 0) is 12.8 Å². The fourth-order valence-corrected chi connectivity index (χ4v) is 5.59. The summed E-state index contributed by atoms with van der Waals surface area (Å²) < 4.78 is 0. The van der Waals surface area contributed by atoms with Crippen molar-refractivity contribution in [1.29, 1.82) is 5.26 Å². The van der Waals surface area contributed by atoms with Crippen LogP contribution in [0, 0.1) is 25.2 Å². The van der Waals surface area contributed by atoms with Gasteiger partial charge in [-0.3, -0.25) is 4.79 Å². The van der Waals surface area contributed by atoms with Gasteiger partial charge in [0.2, 0.25) is 0 Å². The zero-order valence-corrected chi connectivity index (χ0v) is 19.0. The highest BCUT2D eigenvalue weighted by molar-refractivity contribution is 7.16. The van der Waals surface area contributed by atoms with Crippen LogP contribution < -0.4 is 5.32 Å². The number of nitrogens with zero attached hydrogens (tertiary/aromatic N) is 2. The molecule has 0 radical (unpaired) electrons. The van der Waals surface area contributed by atoms with Crippen LogP contribution >= 0.6 is 11.3 Å². The molecule has 1 N–H and O–H groups in total. The van der Waals surface area contributed by atoms with Crippen LogP contribution in [0.3, 0.4) is 0 Å². The minimum atomic E-state index is -0.205. The highest BCUT2D eigenvalue weighted by atomic mass is 32.1. The molecule has 0 atom stereocenters.